The summed E-state index contributed by atoms with van der Waals surface area (Å²) < 4.78 is 30.5. The molecule has 2 aromatic heterocycles. The number of ether oxygens (including phenoxy) is 1. The SMILES string of the molecule is COC1(c2nc(C3CC3)no2)CCN(c2nc3cc(F)ccc3o2)CC1. The van der Waals surface area contributed by atoms with Crippen LogP contribution in [0.15, 0.2) is 27.1 Å². The Morgan fingerprint density at radius 1 is 1.23 bits per heavy atom. The number of halogens is 1. The number of anilines is 1. The molecule has 5 rings (SSSR count). The number of benzene rings is 1. The maximum Gasteiger partial charge on any atom is 0.298 e. The number of methoxy groups -OCH3 is 1. The molecule has 3 aromatic rings. The van der Waals surface area contributed by atoms with E-state index in [2.05, 4.69) is 15.1 Å². The summed E-state index contributed by atoms with van der Waals surface area (Å²) in [5.41, 5.74) is 0.528. The Morgan fingerprint density at radius 3 is 2.77 bits per heavy atom. The van der Waals surface area contributed by atoms with E-state index < -0.39 is 5.60 Å². The minimum atomic E-state index is -0.575. The highest BCUT2D eigenvalue weighted by Crippen LogP contribution is 2.41. The third-order valence-electron chi connectivity index (χ3n) is 5.34. The second-order valence-corrected chi connectivity index (χ2v) is 7.03. The molecule has 7 nitrogen and oxygen atoms in total. The standard InChI is InChI=1S/C18H19FN4O3/c1-24-18(16-21-15(22-26-16)11-2-3-11)6-8-23(9-7-18)17-20-13-10-12(19)4-5-14(13)25-17/h4-5,10-11H,2-3,6-9H2,1H3. The third-order valence-corrected chi connectivity index (χ3v) is 5.34. The molecule has 0 amide bonds. The molecule has 3 heterocycles. The summed E-state index contributed by atoms with van der Waals surface area (Å²) in [7, 11) is 1.68. The molecule has 1 aliphatic carbocycles. The Balaban J connectivity index is 1.36. The van der Waals surface area contributed by atoms with Gasteiger partial charge in [0, 0.05) is 45.0 Å². The second kappa shape index (κ2) is 5.77. The molecule has 0 atom stereocenters. The minimum absolute atomic E-state index is 0.322. The highest BCUT2D eigenvalue weighted by atomic mass is 19.1. The molecule has 2 fully saturated rings. The molecule has 8 heteroatoms. The summed E-state index contributed by atoms with van der Waals surface area (Å²) in [5, 5.41) is 4.11. The van der Waals surface area contributed by atoms with Crippen LogP contribution in [0.3, 0.4) is 0 Å². The number of piperidine rings is 1. The normalized spacial score (nSPS) is 20.0. The topological polar surface area (TPSA) is 77.4 Å². The van der Waals surface area contributed by atoms with E-state index in [0.29, 0.717) is 54.9 Å². The molecule has 1 saturated heterocycles. The molecule has 0 N–H and O–H groups in total. The summed E-state index contributed by atoms with van der Waals surface area (Å²) in [4.78, 5) is 11.0. The van der Waals surface area contributed by atoms with E-state index in [-0.39, 0.29) is 5.82 Å². The molecule has 1 aliphatic heterocycles. The van der Waals surface area contributed by atoms with Crippen molar-refractivity contribution in [1.29, 1.82) is 0 Å². The Hall–Kier alpha value is -2.48. The number of oxazole rings is 1. The van der Waals surface area contributed by atoms with Crippen LogP contribution in [-0.2, 0) is 10.3 Å². The van der Waals surface area contributed by atoms with Crippen molar-refractivity contribution in [2.24, 2.45) is 0 Å². The van der Waals surface area contributed by atoms with Crippen LogP contribution in [0.25, 0.3) is 11.1 Å². The minimum Gasteiger partial charge on any atom is -0.423 e. The molecule has 0 radical (unpaired) electrons. The molecular formula is C18H19FN4O3. The van der Waals surface area contributed by atoms with Gasteiger partial charge in [0.05, 0.1) is 0 Å². The summed E-state index contributed by atoms with van der Waals surface area (Å²) in [6.07, 6.45) is 3.63. The van der Waals surface area contributed by atoms with Gasteiger partial charge in [-0.2, -0.15) is 9.97 Å². The molecule has 26 heavy (non-hydrogen) atoms. The van der Waals surface area contributed by atoms with Gasteiger partial charge in [-0.25, -0.2) is 4.39 Å². The average Bonchev–Trinajstić information content (AvgIpc) is 3.24. The lowest BCUT2D eigenvalue weighted by Gasteiger charge is -2.37. The molecule has 1 aromatic carbocycles. The maximum absolute atomic E-state index is 13.4. The van der Waals surface area contributed by atoms with E-state index in [1.807, 2.05) is 4.90 Å². The molecular weight excluding hydrogens is 339 g/mol. The number of fused-ring (bicyclic) bond motifs is 1. The Kier molecular flexibility index (Phi) is 3.49. The second-order valence-electron chi connectivity index (χ2n) is 7.03. The average molecular weight is 358 g/mol. The lowest BCUT2D eigenvalue weighted by molar-refractivity contribution is -0.0586. The van der Waals surface area contributed by atoms with Crippen molar-refractivity contribution in [2.75, 3.05) is 25.1 Å². The van der Waals surface area contributed by atoms with Crippen LogP contribution in [0.5, 0.6) is 0 Å². The largest absolute Gasteiger partial charge is 0.423 e. The smallest absolute Gasteiger partial charge is 0.298 e. The van der Waals surface area contributed by atoms with E-state index in [4.69, 9.17) is 13.7 Å². The van der Waals surface area contributed by atoms with Gasteiger partial charge >= 0.3 is 0 Å². The fourth-order valence-electron chi connectivity index (χ4n) is 3.52. The van der Waals surface area contributed by atoms with E-state index in [9.17, 15) is 4.39 Å². The van der Waals surface area contributed by atoms with Crippen LogP contribution in [0.4, 0.5) is 10.4 Å². The highest BCUT2D eigenvalue weighted by Gasteiger charge is 2.43. The van der Waals surface area contributed by atoms with Gasteiger partial charge in [-0.05, 0) is 25.0 Å². The summed E-state index contributed by atoms with van der Waals surface area (Å²) >= 11 is 0. The molecule has 0 spiro atoms. The first-order valence-corrected chi connectivity index (χ1v) is 8.87. The Morgan fingerprint density at radius 2 is 2.04 bits per heavy atom. The molecule has 1 saturated carbocycles. The van der Waals surface area contributed by atoms with E-state index in [1.54, 1.807) is 13.2 Å². The fourth-order valence-corrected chi connectivity index (χ4v) is 3.52. The third kappa shape index (κ3) is 2.56. The summed E-state index contributed by atoms with van der Waals surface area (Å²) in [6, 6.07) is 4.85. The Bertz CT molecular complexity index is 941. The van der Waals surface area contributed by atoms with Crippen molar-refractivity contribution in [1.82, 2.24) is 15.1 Å². The number of hydrogen-bond donors (Lipinski definition) is 0. The van der Waals surface area contributed by atoms with Gasteiger partial charge < -0.3 is 18.6 Å². The zero-order valence-corrected chi connectivity index (χ0v) is 14.4. The molecule has 2 aliphatic rings. The van der Waals surface area contributed by atoms with E-state index in [1.165, 1.54) is 12.1 Å². The first-order chi connectivity index (χ1) is 12.7. The van der Waals surface area contributed by atoms with Gasteiger partial charge in [-0.1, -0.05) is 5.16 Å². The van der Waals surface area contributed by atoms with Crippen molar-refractivity contribution in [3.05, 3.63) is 35.7 Å². The monoisotopic (exact) mass is 358 g/mol. The van der Waals surface area contributed by atoms with E-state index >= 15 is 0 Å². The fraction of sp³-hybridized carbons (Fsp3) is 0.500. The zero-order chi connectivity index (χ0) is 17.7. The predicted octanol–water partition coefficient (Wildman–Crippen LogP) is 3.37. The van der Waals surface area contributed by atoms with Gasteiger partial charge in [0.2, 0.25) is 0 Å². The van der Waals surface area contributed by atoms with E-state index in [0.717, 1.165) is 18.7 Å². The lowest BCUT2D eigenvalue weighted by atomic mass is 9.91. The Labute approximate surface area is 149 Å². The first kappa shape index (κ1) is 15.7. The van der Waals surface area contributed by atoms with Gasteiger partial charge in [0.15, 0.2) is 11.4 Å². The van der Waals surface area contributed by atoms with Crippen molar-refractivity contribution >= 4 is 17.1 Å². The quantitative estimate of drug-likeness (QED) is 0.707. The highest BCUT2D eigenvalue weighted by molar-refractivity contribution is 5.74. The zero-order valence-electron chi connectivity index (χ0n) is 14.4. The lowest BCUT2D eigenvalue weighted by Crippen LogP contribution is -2.44. The van der Waals surface area contributed by atoms with Crippen LogP contribution in [-0.4, -0.2) is 35.3 Å². The maximum atomic E-state index is 13.4. The molecule has 0 unspecified atom stereocenters. The predicted molar refractivity (Wildman–Crippen MR) is 90.4 cm³/mol. The van der Waals surface area contributed by atoms with Gasteiger partial charge in [0.1, 0.15) is 16.9 Å². The van der Waals surface area contributed by atoms with Crippen molar-refractivity contribution in [3.63, 3.8) is 0 Å². The number of rotatable bonds is 4. The number of hydrogen-bond acceptors (Lipinski definition) is 7. The van der Waals surface area contributed by atoms with Crippen molar-refractivity contribution in [3.8, 4) is 0 Å². The van der Waals surface area contributed by atoms with Crippen LogP contribution in [0, 0.1) is 5.82 Å². The van der Waals surface area contributed by atoms with Gasteiger partial charge in [0.25, 0.3) is 11.9 Å². The van der Waals surface area contributed by atoms with Crippen LogP contribution < -0.4 is 4.90 Å². The first-order valence-electron chi connectivity index (χ1n) is 8.87. The molecule has 136 valence electrons. The van der Waals surface area contributed by atoms with Gasteiger partial charge in [-0.3, -0.25) is 0 Å². The van der Waals surface area contributed by atoms with Crippen LogP contribution in [0.2, 0.25) is 0 Å². The summed E-state index contributed by atoms with van der Waals surface area (Å²) in [6.45, 7) is 1.34. The van der Waals surface area contributed by atoms with Crippen molar-refractivity contribution in [2.45, 2.75) is 37.2 Å². The van der Waals surface area contributed by atoms with Crippen LogP contribution >= 0.6 is 0 Å². The van der Waals surface area contributed by atoms with Crippen LogP contribution in [0.1, 0.15) is 43.3 Å². The van der Waals surface area contributed by atoms with Gasteiger partial charge in [-0.15, -0.1) is 0 Å². The molecule has 0 bridgehead atoms. The van der Waals surface area contributed by atoms with Crippen molar-refractivity contribution < 1.29 is 18.1 Å². The number of aromatic nitrogens is 3. The summed E-state index contributed by atoms with van der Waals surface area (Å²) in [5.74, 6) is 1.47. The number of nitrogens with zero attached hydrogens (tertiary/aromatic N) is 4.